The van der Waals surface area contributed by atoms with Gasteiger partial charge in [0.2, 0.25) is 0 Å². The lowest BCUT2D eigenvalue weighted by Gasteiger charge is -2.05. The number of unbranched alkanes of at least 4 members (excludes halogenated alkanes) is 3. The Hall–Kier alpha value is -3.01. The lowest BCUT2D eigenvalue weighted by Crippen LogP contribution is -1.97. The van der Waals surface area contributed by atoms with Crippen LogP contribution < -0.4 is 4.74 Å². The fourth-order valence-electron chi connectivity index (χ4n) is 2.48. The van der Waals surface area contributed by atoms with Crippen LogP contribution in [0, 0.1) is 5.53 Å². The second kappa shape index (κ2) is 16.0. The predicted octanol–water partition coefficient (Wildman–Crippen LogP) is 7.54. The van der Waals surface area contributed by atoms with Gasteiger partial charge in [-0.25, -0.2) is 5.53 Å². The Balaban J connectivity index is 0.000000352. The van der Waals surface area contributed by atoms with Crippen LogP contribution in [0.5, 0.6) is 5.75 Å². The molecule has 4 heteroatoms. The van der Waals surface area contributed by atoms with Gasteiger partial charge in [-0.05, 0) is 55.2 Å². The largest absolute Gasteiger partial charge is 0.494 e. The summed E-state index contributed by atoms with van der Waals surface area (Å²) in [5, 5.41) is 3.32. The van der Waals surface area contributed by atoms with E-state index in [1.807, 2.05) is 18.2 Å². The van der Waals surface area contributed by atoms with Crippen LogP contribution in [0.25, 0.3) is 6.08 Å². The van der Waals surface area contributed by atoms with Crippen LogP contribution >= 0.6 is 0 Å². The Labute approximate surface area is 174 Å². The molecule has 0 saturated carbocycles. The second-order valence-corrected chi connectivity index (χ2v) is 6.51. The molecule has 154 valence electrons. The van der Waals surface area contributed by atoms with Crippen LogP contribution in [0.1, 0.15) is 51.0 Å². The second-order valence-electron chi connectivity index (χ2n) is 6.51. The number of nitrogens with zero attached hydrogens (tertiary/aromatic N) is 1. The van der Waals surface area contributed by atoms with Crippen LogP contribution in [-0.4, -0.2) is 12.4 Å². The van der Waals surface area contributed by atoms with Crippen molar-refractivity contribution in [1.29, 1.82) is 5.53 Å². The van der Waals surface area contributed by atoms with E-state index in [2.05, 4.69) is 55.0 Å². The third-order valence-corrected chi connectivity index (χ3v) is 4.13. The summed E-state index contributed by atoms with van der Waals surface area (Å²) in [5.41, 5.74) is 8.75. The van der Waals surface area contributed by atoms with Crippen molar-refractivity contribution >= 4 is 17.5 Å². The van der Waals surface area contributed by atoms with Crippen molar-refractivity contribution in [2.75, 3.05) is 6.61 Å². The zero-order chi connectivity index (χ0) is 21.2. The van der Waals surface area contributed by atoms with Gasteiger partial charge in [-0.2, -0.15) is 5.11 Å². The summed E-state index contributed by atoms with van der Waals surface area (Å²) in [6.07, 6.45) is 11.4. The fourth-order valence-corrected chi connectivity index (χ4v) is 2.48. The van der Waals surface area contributed by atoms with Crippen molar-refractivity contribution in [2.45, 2.75) is 45.4 Å². The summed E-state index contributed by atoms with van der Waals surface area (Å²) in [6.45, 7) is 6.26. The monoisotopic (exact) mass is 392 g/mol. The first-order chi connectivity index (χ1) is 14.2. The molecule has 29 heavy (non-hydrogen) atoms. The van der Waals surface area contributed by atoms with Gasteiger partial charge in [0.15, 0.2) is 5.78 Å². The Kier molecular flexibility index (Phi) is 13.2. The van der Waals surface area contributed by atoms with Gasteiger partial charge in [-0.3, -0.25) is 4.79 Å². The third kappa shape index (κ3) is 12.1. The molecule has 0 atom stereocenters. The molecule has 0 bridgehead atoms. The first-order valence-corrected chi connectivity index (χ1v) is 10.2. The van der Waals surface area contributed by atoms with Gasteiger partial charge >= 0.3 is 0 Å². The van der Waals surface area contributed by atoms with Gasteiger partial charge in [0.1, 0.15) is 5.75 Å². The molecule has 4 nitrogen and oxygen atoms in total. The highest BCUT2D eigenvalue weighted by atomic mass is 16.5. The molecule has 0 aliphatic heterocycles. The van der Waals surface area contributed by atoms with E-state index in [0.29, 0.717) is 18.7 Å². The molecule has 0 aliphatic carbocycles. The number of hydrogen-bond acceptors (Lipinski definition) is 4. The summed E-state index contributed by atoms with van der Waals surface area (Å²) in [7, 11) is 0. The van der Waals surface area contributed by atoms with E-state index < -0.39 is 0 Å². The molecular formula is C25H32N2O2. The maximum absolute atomic E-state index is 11.0. The normalized spacial score (nSPS) is 10.1. The molecule has 0 heterocycles. The van der Waals surface area contributed by atoms with Gasteiger partial charge < -0.3 is 4.74 Å². The van der Waals surface area contributed by atoms with E-state index in [-0.39, 0.29) is 5.78 Å². The lowest BCUT2D eigenvalue weighted by molar-refractivity contribution is -0.114. The summed E-state index contributed by atoms with van der Waals surface area (Å²) < 4.78 is 5.57. The molecule has 2 rings (SSSR count). The minimum absolute atomic E-state index is 0.121. The Morgan fingerprint density at radius 1 is 1.03 bits per heavy atom. The number of rotatable bonds is 12. The first kappa shape index (κ1) is 24.0. The molecule has 1 N–H and O–H groups in total. The summed E-state index contributed by atoms with van der Waals surface area (Å²) in [5.74, 6) is 0.922. The Morgan fingerprint density at radius 2 is 1.72 bits per heavy atom. The molecule has 0 aromatic heterocycles. The van der Waals surface area contributed by atoms with Gasteiger partial charge in [-0.15, -0.1) is 0 Å². The van der Waals surface area contributed by atoms with Crippen molar-refractivity contribution in [3.63, 3.8) is 0 Å². The minimum atomic E-state index is 0.121. The Morgan fingerprint density at radius 3 is 2.34 bits per heavy atom. The predicted molar refractivity (Wildman–Crippen MR) is 121 cm³/mol. The van der Waals surface area contributed by atoms with Crippen molar-refractivity contribution in [3.05, 3.63) is 78.9 Å². The Bertz CT molecular complexity index is 737. The number of carbonyl (C=O) groups is 1. The van der Waals surface area contributed by atoms with Crippen LogP contribution in [-0.2, 0) is 4.79 Å². The fraction of sp³-hybridized carbons (Fsp3) is 0.320. The first-order valence-electron chi connectivity index (χ1n) is 10.2. The molecule has 2 aromatic rings. The number of allylic oxidation sites excluding steroid dienone is 2. The summed E-state index contributed by atoms with van der Waals surface area (Å²) in [4.78, 5) is 11.0. The van der Waals surface area contributed by atoms with E-state index in [9.17, 15) is 4.79 Å². The molecule has 0 radical (unpaired) electrons. The van der Waals surface area contributed by atoms with E-state index in [1.165, 1.54) is 11.6 Å². The van der Waals surface area contributed by atoms with Gasteiger partial charge in [0.25, 0.3) is 0 Å². The standard InChI is InChI=1S/C15H20N2O2.C10H12/c1-2-14(18)7-5-3-4-6-12-19-15-10-8-13(17-16)9-11-15;1-2-3-7-10-8-5-4-6-9-10/h2,8-11,16H,1,3-7,12H2;3-9H,2H2,1H3/b;7-3+. The van der Waals surface area contributed by atoms with Crippen LogP contribution in [0.2, 0.25) is 0 Å². The number of benzene rings is 2. The zero-order valence-corrected chi connectivity index (χ0v) is 17.3. The van der Waals surface area contributed by atoms with Crippen LogP contribution in [0.3, 0.4) is 0 Å². The van der Waals surface area contributed by atoms with Crippen molar-refractivity contribution in [1.82, 2.24) is 0 Å². The molecular weight excluding hydrogens is 360 g/mol. The highest BCUT2D eigenvalue weighted by Gasteiger charge is 1.97. The molecule has 0 fully saturated rings. The zero-order valence-electron chi connectivity index (χ0n) is 17.3. The summed E-state index contributed by atoms with van der Waals surface area (Å²) >= 11 is 0. The smallest absolute Gasteiger partial charge is 0.155 e. The van der Waals surface area contributed by atoms with Gasteiger partial charge in [-0.1, -0.05) is 68.8 Å². The number of carbonyl (C=O) groups excluding carboxylic acids is 1. The molecule has 0 amide bonds. The van der Waals surface area contributed by atoms with E-state index >= 15 is 0 Å². The highest BCUT2D eigenvalue weighted by Crippen LogP contribution is 2.18. The van der Waals surface area contributed by atoms with Gasteiger partial charge in [0.05, 0.1) is 12.3 Å². The third-order valence-electron chi connectivity index (χ3n) is 4.13. The average molecular weight is 393 g/mol. The minimum Gasteiger partial charge on any atom is -0.494 e. The quantitative estimate of drug-likeness (QED) is 0.230. The van der Waals surface area contributed by atoms with Gasteiger partial charge in [0, 0.05) is 6.42 Å². The molecule has 0 unspecified atom stereocenters. The maximum atomic E-state index is 11.0. The average Bonchev–Trinajstić information content (AvgIpc) is 2.78. The maximum Gasteiger partial charge on any atom is 0.155 e. The van der Waals surface area contributed by atoms with Crippen LogP contribution in [0.4, 0.5) is 5.69 Å². The van der Waals surface area contributed by atoms with Crippen molar-refractivity contribution in [2.24, 2.45) is 5.11 Å². The van der Waals surface area contributed by atoms with Crippen molar-refractivity contribution < 1.29 is 9.53 Å². The van der Waals surface area contributed by atoms with E-state index in [1.54, 1.807) is 12.1 Å². The number of nitrogens with one attached hydrogen (secondary N) is 1. The number of ketones is 1. The SMILES string of the molecule is C=CC(=O)CCCCCCOc1ccc(N=N)cc1.CC/C=C/c1ccccc1. The number of hydrogen-bond donors (Lipinski definition) is 1. The number of ether oxygens (including phenoxy) is 1. The molecule has 2 aromatic carbocycles. The molecule has 0 saturated heterocycles. The van der Waals surface area contributed by atoms with Crippen LogP contribution in [0.15, 0.2) is 78.4 Å². The molecule has 0 aliphatic rings. The van der Waals surface area contributed by atoms with E-state index in [0.717, 1.165) is 37.9 Å². The van der Waals surface area contributed by atoms with E-state index in [4.69, 9.17) is 10.3 Å². The molecule has 0 spiro atoms. The lowest BCUT2D eigenvalue weighted by atomic mass is 10.1. The highest BCUT2D eigenvalue weighted by molar-refractivity contribution is 5.88. The topological polar surface area (TPSA) is 62.5 Å². The summed E-state index contributed by atoms with van der Waals surface area (Å²) in [6, 6.07) is 17.5. The van der Waals surface area contributed by atoms with Crippen molar-refractivity contribution in [3.8, 4) is 5.75 Å².